The second-order valence-corrected chi connectivity index (χ2v) is 6.16. The third-order valence-electron chi connectivity index (χ3n) is 4.85. The number of hydrogen-bond acceptors (Lipinski definition) is 5. The Morgan fingerprint density at radius 3 is 2.85 bits per heavy atom. The van der Waals surface area contributed by atoms with Crippen LogP contribution < -0.4 is 11.1 Å². The SMILES string of the molecule is CC(Nc1cc([N+](=O)[O-])cc(N)n1)C1CC2CCC1C2. The summed E-state index contributed by atoms with van der Waals surface area (Å²) in [4.78, 5) is 14.6. The van der Waals surface area contributed by atoms with Crippen LogP contribution in [0.15, 0.2) is 12.1 Å². The summed E-state index contributed by atoms with van der Waals surface area (Å²) in [6.45, 7) is 2.14. The highest BCUT2D eigenvalue weighted by atomic mass is 16.6. The largest absolute Gasteiger partial charge is 0.383 e. The molecule has 2 saturated carbocycles. The lowest BCUT2D eigenvalue weighted by atomic mass is 9.84. The van der Waals surface area contributed by atoms with Gasteiger partial charge in [0.1, 0.15) is 11.6 Å². The first-order chi connectivity index (χ1) is 9.52. The molecule has 0 amide bonds. The zero-order valence-electron chi connectivity index (χ0n) is 11.6. The molecule has 1 heterocycles. The molecule has 2 aliphatic carbocycles. The van der Waals surface area contributed by atoms with Crippen LogP contribution in [-0.2, 0) is 0 Å². The zero-order chi connectivity index (χ0) is 14.3. The van der Waals surface area contributed by atoms with Gasteiger partial charge in [-0.05, 0) is 43.9 Å². The molecular formula is C14H20N4O2. The van der Waals surface area contributed by atoms with Crippen LogP contribution in [0.1, 0.15) is 32.6 Å². The number of aromatic nitrogens is 1. The molecule has 0 saturated heterocycles. The monoisotopic (exact) mass is 276 g/mol. The second-order valence-electron chi connectivity index (χ2n) is 6.16. The molecule has 1 aromatic heterocycles. The van der Waals surface area contributed by atoms with Crippen molar-refractivity contribution in [3.63, 3.8) is 0 Å². The van der Waals surface area contributed by atoms with Gasteiger partial charge in [-0.15, -0.1) is 0 Å². The van der Waals surface area contributed by atoms with Crippen LogP contribution >= 0.6 is 0 Å². The lowest BCUT2D eigenvalue weighted by molar-refractivity contribution is -0.384. The Hall–Kier alpha value is -1.85. The van der Waals surface area contributed by atoms with Gasteiger partial charge in [-0.3, -0.25) is 10.1 Å². The van der Waals surface area contributed by atoms with E-state index in [1.54, 1.807) is 0 Å². The summed E-state index contributed by atoms with van der Waals surface area (Å²) in [5, 5.41) is 14.2. The fourth-order valence-electron chi connectivity index (χ4n) is 3.96. The van der Waals surface area contributed by atoms with E-state index in [2.05, 4.69) is 17.2 Å². The number of nitrogens with zero attached hydrogens (tertiary/aromatic N) is 2. The molecule has 0 aromatic carbocycles. The van der Waals surface area contributed by atoms with E-state index in [1.165, 1.54) is 37.8 Å². The summed E-state index contributed by atoms with van der Waals surface area (Å²) < 4.78 is 0. The highest BCUT2D eigenvalue weighted by Crippen LogP contribution is 2.49. The summed E-state index contributed by atoms with van der Waals surface area (Å²) in [6.07, 6.45) is 5.31. The van der Waals surface area contributed by atoms with Gasteiger partial charge >= 0.3 is 0 Å². The molecule has 6 heteroatoms. The molecule has 1 aromatic rings. The smallest absolute Gasteiger partial charge is 0.276 e. The molecule has 3 rings (SSSR count). The van der Waals surface area contributed by atoms with Crippen LogP contribution in [-0.4, -0.2) is 15.9 Å². The van der Waals surface area contributed by atoms with Gasteiger partial charge < -0.3 is 11.1 Å². The van der Waals surface area contributed by atoms with E-state index >= 15 is 0 Å². The zero-order valence-corrected chi connectivity index (χ0v) is 11.6. The van der Waals surface area contributed by atoms with Crippen LogP contribution in [0.5, 0.6) is 0 Å². The molecule has 0 radical (unpaired) electrons. The minimum Gasteiger partial charge on any atom is -0.383 e. The van der Waals surface area contributed by atoms with Gasteiger partial charge in [-0.1, -0.05) is 6.42 Å². The van der Waals surface area contributed by atoms with Gasteiger partial charge in [0.25, 0.3) is 5.69 Å². The predicted octanol–water partition coefficient (Wildman–Crippen LogP) is 2.81. The van der Waals surface area contributed by atoms with Crippen molar-refractivity contribution in [2.75, 3.05) is 11.1 Å². The normalized spacial score (nSPS) is 29.4. The van der Waals surface area contributed by atoms with Gasteiger partial charge in [0.05, 0.1) is 17.1 Å². The maximum Gasteiger partial charge on any atom is 0.276 e. The van der Waals surface area contributed by atoms with Crippen LogP contribution in [0.2, 0.25) is 0 Å². The number of nitrogens with one attached hydrogen (secondary N) is 1. The van der Waals surface area contributed by atoms with Crippen molar-refractivity contribution in [1.29, 1.82) is 0 Å². The summed E-state index contributed by atoms with van der Waals surface area (Å²) in [7, 11) is 0. The van der Waals surface area contributed by atoms with E-state index in [-0.39, 0.29) is 17.5 Å². The van der Waals surface area contributed by atoms with Crippen molar-refractivity contribution in [2.45, 2.75) is 38.6 Å². The van der Waals surface area contributed by atoms with Crippen molar-refractivity contribution in [2.24, 2.45) is 17.8 Å². The van der Waals surface area contributed by atoms with Crippen LogP contribution in [0.25, 0.3) is 0 Å². The number of anilines is 2. The molecule has 0 aliphatic heterocycles. The Morgan fingerprint density at radius 2 is 2.25 bits per heavy atom. The van der Waals surface area contributed by atoms with Gasteiger partial charge in [-0.25, -0.2) is 4.98 Å². The van der Waals surface area contributed by atoms with Gasteiger partial charge in [0.2, 0.25) is 0 Å². The summed E-state index contributed by atoms with van der Waals surface area (Å²) in [6, 6.07) is 3.02. The first-order valence-corrected chi connectivity index (χ1v) is 7.21. The fraction of sp³-hybridized carbons (Fsp3) is 0.643. The van der Waals surface area contributed by atoms with Crippen molar-refractivity contribution in [3.05, 3.63) is 22.2 Å². The Bertz CT molecular complexity index is 534. The van der Waals surface area contributed by atoms with Crippen LogP contribution in [0.4, 0.5) is 17.3 Å². The lowest BCUT2D eigenvalue weighted by Crippen LogP contribution is -2.30. The van der Waals surface area contributed by atoms with E-state index in [4.69, 9.17) is 5.73 Å². The topological polar surface area (TPSA) is 94.1 Å². The summed E-state index contributed by atoms with van der Waals surface area (Å²) in [5.74, 6) is 3.03. The van der Waals surface area contributed by atoms with Crippen molar-refractivity contribution in [3.8, 4) is 0 Å². The van der Waals surface area contributed by atoms with Crippen molar-refractivity contribution < 1.29 is 4.92 Å². The Balaban J connectivity index is 1.72. The molecule has 20 heavy (non-hydrogen) atoms. The van der Waals surface area contributed by atoms with E-state index in [0.717, 1.165) is 11.8 Å². The van der Waals surface area contributed by atoms with Crippen LogP contribution in [0, 0.1) is 27.9 Å². The fourth-order valence-corrected chi connectivity index (χ4v) is 3.96. The van der Waals surface area contributed by atoms with E-state index in [9.17, 15) is 10.1 Å². The number of hydrogen-bond donors (Lipinski definition) is 2. The summed E-state index contributed by atoms with van der Waals surface area (Å²) >= 11 is 0. The van der Waals surface area contributed by atoms with Gasteiger partial charge in [0.15, 0.2) is 0 Å². The van der Waals surface area contributed by atoms with Crippen molar-refractivity contribution in [1.82, 2.24) is 4.98 Å². The van der Waals surface area contributed by atoms with Gasteiger partial charge in [-0.2, -0.15) is 0 Å². The van der Waals surface area contributed by atoms with Crippen LogP contribution in [0.3, 0.4) is 0 Å². The first kappa shape index (κ1) is 13.1. The third-order valence-corrected chi connectivity index (χ3v) is 4.85. The quantitative estimate of drug-likeness (QED) is 0.651. The molecule has 4 unspecified atom stereocenters. The summed E-state index contributed by atoms with van der Waals surface area (Å²) in [5.41, 5.74) is 5.62. The van der Waals surface area contributed by atoms with E-state index in [1.807, 2.05) is 0 Å². The molecule has 6 nitrogen and oxygen atoms in total. The predicted molar refractivity (Wildman–Crippen MR) is 77.3 cm³/mol. The van der Waals surface area contributed by atoms with E-state index in [0.29, 0.717) is 11.7 Å². The number of pyridine rings is 1. The molecule has 4 atom stereocenters. The maximum atomic E-state index is 10.8. The molecule has 2 bridgehead atoms. The number of nitrogen functional groups attached to an aromatic ring is 1. The Kier molecular flexibility index (Phi) is 3.23. The second kappa shape index (κ2) is 4.92. The minimum atomic E-state index is -0.439. The molecule has 2 fully saturated rings. The number of fused-ring (bicyclic) bond motifs is 2. The molecule has 108 valence electrons. The highest BCUT2D eigenvalue weighted by molar-refractivity contribution is 5.53. The Morgan fingerprint density at radius 1 is 1.45 bits per heavy atom. The molecule has 2 aliphatic rings. The number of nitrogens with two attached hydrogens (primary N) is 1. The number of nitro groups is 1. The Labute approximate surface area is 117 Å². The minimum absolute atomic E-state index is 0.0138. The molecule has 0 spiro atoms. The van der Waals surface area contributed by atoms with Gasteiger partial charge in [0, 0.05) is 6.04 Å². The maximum absolute atomic E-state index is 10.8. The molecule has 3 N–H and O–H groups in total. The highest BCUT2D eigenvalue weighted by Gasteiger charge is 2.41. The molecular weight excluding hydrogens is 256 g/mol. The van der Waals surface area contributed by atoms with Crippen molar-refractivity contribution >= 4 is 17.3 Å². The van der Waals surface area contributed by atoms with E-state index < -0.39 is 4.92 Å². The lowest BCUT2D eigenvalue weighted by Gasteiger charge is -2.28. The average molecular weight is 276 g/mol. The number of rotatable bonds is 4. The first-order valence-electron chi connectivity index (χ1n) is 7.21. The third kappa shape index (κ3) is 2.42. The standard InChI is InChI=1S/C14H20N4O2/c1-8(12-5-9-2-3-10(12)4-9)16-14-7-11(18(19)20)6-13(15)17-14/h6-10,12H,2-5H2,1H3,(H3,15,16,17). The average Bonchev–Trinajstić information content (AvgIpc) is 3.00.